The van der Waals surface area contributed by atoms with Crippen LogP contribution in [0.1, 0.15) is 46.6 Å². The fourth-order valence-electron chi connectivity index (χ4n) is 2.57. The minimum Gasteiger partial charge on any atom is -0.494 e. The van der Waals surface area contributed by atoms with E-state index in [-0.39, 0.29) is 11.3 Å². The molecule has 0 aliphatic carbocycles. The Bertz CT molecular complexity index is 717. The number of carbonyl (C=O) groups excluding carboxylic acids is 1. The summed E-state index contributed by atoms with van der Waals surface area (Å²) < 4.78 is 11.4. The predicted octanol–water partition coefficient (Wildman–Crippen LogP) is 5.18. The van der Waals surface area contributed by atoms with Crippen LogP contribution in [0.2, 0.25) is 0 Å². The summed E-state index contributed by atoms with van der Waals surface area (Å²) >= 11 is 0. The molecule has 1 N–H and O–H groups in total. The van der Waals surface area contributed by atoms with E-state index in [1.807, 2.05) is 62.4 Å². The summed E-state index contributed by atoms with van der Waals surface area (Å²) in [6.45, 7) is 11.0. The lowest BCUT2D eigenvalue weighted by molar-refractivity contribution is -0.122. The van der Waals surface area contributed by atoms with Gasteiger partial charge in [0.25, 0.3) is 5.91 Å². The number of anilines is 1. The van der Waals surface area contributed by atoms with Gasteiger partial charge in [0.15, 0.2) is 6.10 Å². The third-order valence-corrected chi connectivity index (χ3v) is 4.07. The van der Waals surface area contributed by atoms with Crippen LogP contribution in [0.15, 0.2) is 48.5 Å². The van der Waals surface area contributed by atoms with Crippen molar-refractivity contribution >= 4 is 11.6 Å². The van der Waals surface area contributed by atoms with Crippen molar-refractivity contribution in [2.45, 2.75) is 52.6 Å². The van der Waals surface area contributed by atoms with Crippen molar-refractivity contribution < 1.29 is 14.3 Å². The van der Waals surface area contributed by atoms with Crippen LogP contribution < -0.4 is 14.8 Å². The zero-order chi connectivity index (χ0) is 19.2. The highest BCUT2D eigenvalue weighted by Crippen LogP contribution is 2.25. The van der Waals surface area contributed by atoms with Crippen LogP contribution >= 0.6 is 0 Å². The van der Waals surface area contributed by atoms with Crippen LogP contribution in [0.3, 0.4) is 0 Å². The quantitative estimate of drug-likeness (QED) is 0.744. The largest absolute Gasteiger partial charge is 0.494 e. The molecule has 0 saturated carbocycles. The van der Waals surface area contributed by atoms with Gasteiger partial charge in [-0.15, -0.1) is 0 Å². The lowest BCUT2D eigenvalue weighted by Crippen LogP contribution is -2.32. The van der Waals surface area contributed by atoms with Gasteiger partial charge in [-0.2, -0.15) is 0 Å². The normalized spacial score (nSPS) is 12.3. The SMILES string of the molecule is CCOc1cccc(NC(=O)[C@H](CC)Oc2ccc(C(C)(C)C)cc2)c1. The van der Waals surface area contributed by atoms with Crippen LogP contribution in [0.5, 0.6) is 11.5 Å². The van der Waals surface area contributed by atoms with Gasteiger partial charge >= 0.3 is 0 Å². The Balaban J connectivity index is 2.03. The van der Waals surface area contributed by atoms with Crippen molar-refractivity contribution in [3.8, 4) is 11.5 Å². The van der Waals surface area contributed by atoms with Crippen molar-refractivity contribution in [3.63, 3.8) is 0 Å². The van der Waals surface area contributed by atoms with Gasteiger partial charge in [0.1, 0.15) is 11.5 Å². The van der Waals surface area contributed by atoms with E-state index >= 15 is 0 Å². The van der Waals surface area contributed by atoms with E-state index in [1.165, 1.54) is 5.56 Å². The molecule has 2 aromatic rings. The molecule has 0 spiro atoms. The van der Waals surface area contributed by atoms with Crippen LogP contribution in [-0.2, 0) is 10.2 Å². The molecule has 0 aliphatic rings. The van der Waals surface area contributed by atoms with Crippen LogP contribution in [0, 0.1) is 0 Å². The standard InChI is InChI=1S/C22H29NO3/c1-6-20(26-18-13-11-16(12-14-18)22(3,4)5)21(24)23-17-9-8-10-19(15-17)25-7-2/h8-15,20H,6-7H2,1-5H3,(H,23,24)/t20-/m0/s1. The van der Waals surface area contributed by atoms with Crippen molar-refractivity contribution in [3.05, 3.63) is 54.1 Å². The molecule has 0 heterocycles. The van der Waals surface area contributed by atoms with Gasteiger partial charge in [-0.1, -0.05) is 45.9 Å². The molecular formula is C22H29NO3. The molecule has 2 aromatic carbocycles. The van der Waals surface area contributed by atoms with Gasteiger partial charge in [0, 0.05) is 11.8 Å². The van der Waals surface area contributed by atoms with Crippen molar-refractivity contribution in [1.29, 1.82) is 0 Å². The van der Waals surface area contributed by atoms with E-state index < -0.39 is 6.10 Å². The second-order valence-electron chi connectivity index (χ2n) is 7.24. The molecular weight excluding hydrogens is 326 g/mol. The fraction of sp³-hybridized carbons (Fsp3) is 0.409. The van der Waals surface area contributed by atoms with Gasteiger partial charge in [-0.25, -0.2) is 0 Å². The second kappa shape index (κ2) is 8.75. The Labute approximate surface area is 156 Å². The Morgan fingerprint density at radius 1 is 1.04 bits per heavy atom. The topological polar surface area (TPSA) is 47.6 Å². The van der Waals surface area contributed by atoms with Crippen LogP contribution in [0.25, 0.3) is 0 Å². The van der Waals surface area contributed by atoms with Gasteiger partial charge in [-0.3, -0.25) is 4.79 Å². The Morgan fingerprint density at radius 2 is 1.73 bits per heavy atom. The van der Waals surface area contributed by atoms with E-state index in [0.29, 0.717) is 24.5 Å². The number of hydrogen-bond donors (Lipinski definition) is 1. The number of benzene rings is 2. The smallest absolute Gasteiger partial charge is 0.265 e. The average molecular weight is 355 g/mol. The maximum Gasteiger partial charge on any atom is 0.265 e. The number of rotatable bonds is 7. The highest BCUT2D eigenvalue weighted by molar-refractivity contribution is 5.94. The maximum atomic E-state index is 12.6. The highest BCUT2D eigenvalue weighted by atomic mass is 16.5. The van der Waals surface area contributed by atoms with E-state index in [0.717, 1.165) is 5.75 Å². The molecule has 2 rings (SSSR count). The predicted molar refractivity (Wildman–Crippen MR) is 106 cm³/mol. The summed E-state index contributed by atoms with van der Waals surface area (Å²) in [7, 11) is 0. The average Bonchev–Trinajstić information content (AvgIpc) is 2.60. The molecule has 140 valence electrons. The monoisotopic (exact) mass is 355 g/mol. The van der Waals surface area contributed by atoms with Crippen molar-refractivity contribution in [2.24, 2.45) is 0 Å². The first-order chi connectivity index (χ1) is 12.3. The van der Waals surface area contributed by atoms with E-state index in [1.54, 1.807) is 0 Å². The molecule has 0 fully saturated rings. The van der Waals surface area contributed by atoms with E-state index in [9.17, 15) is 4.79 Å². The molecule has 4 nitrogen and oxygen atoms in total. The molecule has 0 unspecified atom stereocenters. The molecule has 0 aromatic heterocycles. The van der Waals surface area contributed by atoms with Gasteiger partial charge in [0.05, 0.1) is 6.61 Å². The van der Waals surface area contributed by atoms with Gasteiger partial charge in [-0.05, 0) is 48.6 Å². The summed E-state index contributed by atoms with van der Waals surface area (Å²) in [5, 5.41) is 2.90. The molecule has 4 heteroatoms. The molecule has 0 saturated heterocycles. The second-order valence-corrected chi connectivity index (χ2v) is 7.24. The first kappa shape index (κ1) is 19.8. The maximum absolute atomic E-state index is 12.6. The summed E-state index contributed by atoms with van der Waals surface area (Å²) in [6, 6.07) is 15.3. The summed E-state index contributed by atoms with van der Waals surface area (Å²) in [5.41, 5.74) is 2.02. The minimum atomic E-state index is -0.550. The molecule has 0 aliphatic heterocycles. The summed E-state index contributed by atoms with van der Waals surface area (Å²) in [4.78, 5) is 12.6. The number of nitrogens with one attached hydrogen (secondary N) is 1. The minimum absolute atomic E-state index is 0.0889. The third-order valence-electron chi connectivity index (χ3n) is 4.07. The summed E-state index contributed by atoms with van der Waals surface area (Å²) in [5.74, 6) is 1.26. The van der Waals surface area contributed by atoms with E-state index in [4.69, 9.17) is 9.47 Å². The first-order valence-corrected chi connectivity index (χ1v) is 9.14. The molecule has 26 heavy (non-hydrogen) atoms. The Kier molecular flexibility index (Phi) is 6.67. The zero-order valence-corrected chi connectivity index (χ0v) is 16.3. The van der Waals surface area contributed by atoms with Crippen LogP contribution in [-0.4, -0.2) is 18.6 Å². The Hall–Kier alpha value is -2.49. The molecule has 1 atom stereocenters. The van der Waals surface area contributed by atoms with Crippen molar-refractivity contribution in [2.75, 3.05) is 11.9 Å². The van der Waals surface area contributed by atoms with Gasteiger partial charge in [0.2, 0.25) is 0 Å². The number of amides is 1. The lowest BCUT2D eigenvalue weighted by Gasteiger charge is -2.21. The van der Waals surface area contributed by atoms with Gasteiger partial charge < -0.3 is 14.8 Å². The number of ether oxygens (including phenoxy) is 2. The molecule has 0 radical (unpaired) electrons. The van der Waals surface area contributed by atoms with E-state index in [2.05, 4.69) is 26.1 Å². The number of carbonyl (C=O) groups is 1. The van der Waals surface area contributed by atoms with Crippen molar-refractivity contribution in [1.82, 2.24) is 0 Å². The number of hydrogen-bond acceptors (Lipinski definition) is 3. The van der Waals surface area contributed by atoms with Crippen LogP contribution in [0.4, 0.5) is 5.69 Å². The molecule has 0 bridgehead atoms. The highest BCUT2D eigenvalue weighted by Gasteiger charge is 2.19. The summed E-state index contributed by atoms with van der Waals surface area (Å²) in [6.07, 6.45) is 0.0316. The third kappa shape index (κ3) is 5.51. The molecule has 1 amide bonds. The lowest BCUT2D eigenvalue weighted by atomic mass is 9.87. The first-order valence-electron chi connectivity index (χ1n) is 9.14. The Morgan fingerprint density at radius 3 is 2.31 bits per heavy atom. The zero-order valence-electron chi connectivity index (χ0n) is 16.3. The fourth-order valence-corrected chi connectivity index (χ4v) is 2.57.